The molecule has 0 bridgehead atoms. The Hall–Kier alpha value is -0.810. The van der Waals surface area contributed by atoms with Gasteiger partial charge in [-0.05, 0) is 7.05 Å². The van der Waals surface area contributed by atoms with Crippen LogP contribution >= 0.6 is 0 Å². The van der Waals surface area contributed by atoms with Crippen molar-refractivity contribution >= 4 is 6.03 Å². The number of rotatable bonds is 4. The molecule has 0 aromatic carbocycles. The number of nitrogens with two attached hydrogens (primary N) is 1. The summed E-state index contributed by atoms with van der Waals surface area (Å²) in [4.78, 5) is 15.2. The molecule has 0 atom stereocenters. The van der Waals surface area contributed by atoms with Gasteiger partial charge in [0.05, 0.1) is 0 Å². The zero-order valence-electron chi connectivity index (χ0n) is 8.99. The number of nitrogens with zero attached hydrogens (tertiary/aromatic N) is 2. The van der Waals surface area contributed by atoms with Crippen LogP contribution in [0.15, 0.2) is 0 Å². The summed E-state index contributed by atoms with van der Waals surface area (Å²) in [6, 6.07) is 0.0303. The molecule has 1 heterocycles. The van der Waals surface area contributed by atoms with E-state index in [-0.39, 0.29) is 6.03 Å². The van der Waals surface area contributed by atoms with Crippen molar-refractivity contribution in [3.05, 3.63) is 0 Å². The average Bonchev–Trinajstić information content (AvgIpc) is 2.10. The maximum atomic E-state index is 11.1. The molecule has 3 N–H and O–H groups in total. The van der Waals surface area contributed by atoms with Crippen LogP contribution in [-0.4, -0.2) is 62.7 Å². The van der Waals surface area contributed by atoms with Crippen LogP contribution in [0.25, 0.3) is 0 Å². The number of amides is 2. The molecule has 1 saturated heterocycles. The molecule has 1 aliphatic rings. The zero-order valence-corrected chi connectivity index (χ0v) is 8.99. The summed E-state index contributed by atoms with van der Waals surface area (Å²) in [5.74, 6) is 0.615. The minimum atomic E-state index is 0.0303. The molecular weight excluding hydrogens is 180 g/mol. The Balaban J connectivity index is 2.12. The molecule has 0 spiro atoms. The van der Waals surface area contributed by atoms with Crippen LogP contribution in [0.3, 0.4) is 0 Å². The number of carbonyl (C=O) groups is 1. The predicted octanol–water partition coefficient (Wildman–Crippen LogP) is -0.852. The summed E-state index contributed by atoms with van der Waals surface area (Å²) in [5, 5.41) is 2.62. The van der Waals surface area contributed by atoms with E-state index >= 15 is 0 Å². The molecule has 0 aromatic rings. The van der Waals surface area contributed by atoms with Crippen molar-refractivity contribution in [3.63, 3.8) is 0 Å². The van der Waals surface area contributed by atoms with Gasteiger partial charge in [0.25, 0.3) is 0 Å². The minimum Gasteiger partial charge on any atom is -0.341 e. The van der Waals surface area contributed by atoms with E-state index in [9.17, 15) is 4.79 Å². The first-order chi connectivity index (χ1) is 6.67. The molecule has 5 heteroatoms. The lowest BCUT2D eigenvalue weighted by Crippen LogP contribution is -2.56. The van der Waals surface area contributed by atoms with Gasteiger partial charge in [0.1, 0.15) is 0 Å². The van der Waals surface area contributed by atoms with Crippen LogP contribution in [-0.2, 0) is 0 Å². The Morgan fingerprint density at radius 2 is 2.29 bits per heavy atom. The molecule has 82 valence electrons. The number of carbonyl (C=O) groups excluding carboxylic acids is 1. The number of nitrogens with one attached hydrogen (secondary N) is 1. The maximum Gasteiger partial charge on any atom is 0.317 e. The monoisotopic (exact) mass is 200 g/mol. The molecule has 0 radical (unpaired) electrons. The van der Waals surface area contributed by atoms with E-state index in [0.29, 0.717) is 12.5 Å². The number of urea groups is 1. The van der Waals surface area contributed by atoms with Crippen molar-refractivity contribution in [3.8, 4) is 0 Å². The highest BCUT2D eigenvalue weighted by molar-refractivity contribution is 5.74. The molecule has 0 saturated carbocycles. The van der Waals surface area contributed by atoms with Crippen LogP contribution in [0.4, 0.5) is 4.79 Å². The summed E-state index contributed by atoms with van der Waals surface area (Å²) in [6.07, 6.45) is 0. The van der Waals surface area contributed by atoms with Gasteiger partial charge in [0.2, 0.25) is 0 Å². The fourth-order valence-corrected chi connectivity index (χ4v) is 1.76. The van der Waals surface area contributed by atoms with E-state index in [0.717, 1.165) is 26.2 Å². The lowest BCUT2D eigenvalue weighted by molar-refractivity contribution is 0.0989. The quantitative estimate of drug-likeness (QED) is 0.621. The smallest absolute Gasteiger partial charge is 0.317 e. The molecule has 1 rings (SSSR count). The summed E-state index contributed by atoms with van der Waals surface area (Å²) in [6.45, 7) is 4.40. The first-order valence-electron chi connectivity index (χ1n) is 5.02. The fraction of sp³-hybridized carbons (Fsp3) is 0.889. The highest BCUT2D eigenvalue weighted by Gasteiger charge is 2.30. The first kappa shape index (κ1) is 11.3. The average molecular weight is 200 g/mol. The SMILES string of the molecule is CNC(=O)N1CC(CN(C)CCN)C1. The lowest BCUT2D eigenvalue weighted by atomic mass is 10.0. The predicted molar refractivity (Wildman–Crippen MR) is 56.1 cm³/mol. The third-order valence-corrected chi connectivity index (χ3v) is 2.54. The van der Waals surface area contributed by atoms with Crippen LogP contribution in [0.2, 0.25) is 0 Å². The van der Waals surface area contributed by atoms with Crippen molar-refractivity contribution in [2.45, 2.75) is 0 Å². The van der Waals surface area contributed by atoms with Gasteiger partial charge < -0.3 is 20.9 Å². The molecule has 0 aliphatic carbocycles. The van der Waals surface area contributed by atoms with E-state index in [2.05, 4.69) is 17.3 Å². The molecule has 1 fully saturated rings. The number of likely N-dealkylation sites (tertiary alicyclic amines) is 1. The standard InChI is InChI=1S/C9H20N4O/c1-11-9(14)13-6-8(7-13)5-12(2)4-3-10/h8H,3-7,10H2,1-2H3,(H,11,14). The Morgan fingerprint density at radius 1 is 1.64 bits per heavy atom. The van der Waals surface area contributed by atoms with Gasteiger partial charge in [0.15, 0.2) is 0 Å². The van der Waals surface area contributed by atoms with Gasteiger partial charge in [-0.15, -0.1) is 0 Å². The summed E-state index contributed by atoms with van der Waals surface area (Å²) >= 11 is 0. The van der Waals surface area contributed by atoms with Gasteiger partial charge >= 0.3 is 6.03 Å². The summed E-state index contributed by atoms with van der Waals surface area (Å²) < 4.78 is 0. The van der Waals surface area contributed by atoms with E-state index in [4.69, 9.17) is 5.73 Å². The molecule has 0 aromatic heterocycles. The fourth-order valence-electron chi connectivity index (χ4n) is 1.76. The summed E-state index contributed by atoms with van der Waals surface area (Å²) in [7, 11) is 3.73. The largest absolute Gasteiger partial charge is 0.341 e. The number of hydrogen-bond acceptors (Lipinski definition) is 3. The Labute approximate surface area is 85.2 Å². The van der Waals surface area contributed by atoms with Gasteiger partial charge in [0, 0.05) is 45.7 Å². The van der Waals surface area contributed by atoms with Crippen LogP contribution in [0.1, 0.15) is 0 Å². The molecule has 14 heavy (non-hydrogen) atoms. The van der Waals surface area contributed by atoms with Crippen LogP contribution < -0.4 is 11.1 Å². The van der Waals surface area contributed by atoms with E-state index < -0.39 is 0 Å². The van der Waals surface area contributed by atoms with Gasteiger partial charge in [-0.1, -0.05) is 0 Å². The Morgan fingerprint density at radius 3 is 2.79 bits per heavy atom. The number of likely N-dealkylation sites (N-methyl/N-ethyl adjacent to an activating group) is 1. The van der Waals surface area contributed by atoms with Gasteiger partial charge in [-0.2, -0.15) is 0 Å². The van der Waals surface area contributed by atoms with Crippen molar-refractivity contribution in [1.82, 2.24) is 15.1 Å². The second-order valence-corrected chi connectivity index (χ2v) is 3.88. The first-order valence-corrected chi connectivity index (χ1v) is 5.02. The highest BCUT2D eigenvalue weighted by Crippen LogP contribution is 2.15. The van der Waals surface area contributed by atoms with E-state index in [1.165, 1.54) is 0 Å². The van der Waals surface area contributed by atoms with E-state index in [1.54, 1.807) is 7.05 Å². The Kier molecular flexibility index (Phi) is 4.16. The second kappa shape index (κ2) is 5.17. The highest BCUT2D eigenvalue weighted by atomic mass is 16.2. The van der Waals surface area contributed by atoms with Crippen LogP contribution in [0.5, 0.6) is 0 Å². The molecule has 2 amide bonds. The zero-order chi connectivity index (χ0) is 10.6. The third kappa shape index (κ3) is 2.85. The molecule has 5 nitrogen and oxygen atoms in total. The molecular formula is C9H20N4O. The van der Waals surface area contributed by atoms with Gasteiger partial charge in [-0.3, -0.25) is 0 Å². The minimum absolute atomic E-state index is 0.0303. The van der Waals surface area contributed by atoms with Crippen LogP contribution in [0, 0.1) is 5.92 Å². The topological polar surface area (TPSA) is 61.6 Å². The Bertz CT molecular complexity index is 191. The van der Waals surface area contributed by atoms with Crippen molar-refractivity contribution in [2.75, 3.05) is 46.8 Å². The van der Waals surface area contributed by atoms with Crippen molar-refractivity contribution in [1.29, 1.82) is 0 Å². The molecule has 0 unspecified atom stereocenters. The van der Waals surface area contributed by atoms with Crippen molar-refractivity contribution < 1.29 is 4.79 Å². The third-order valence-electron chi connectivity index (χ3n) is 2.54. The van der Waals surface area contributed by atoms with E-state index in [1.807, 2.05) is 4.90 Å². The number of hydrogen-bond donors (Lipinski definition) is 2. The molecule has 1 aliphatic heterocycles. The normalized spacial score (nSPS) is 17.0. The van der Waals surface area contributed by atoms with Gasteiger partial charge in [-0.25, -0.2) is 4.79 Å². The van der Waals surface area contributed by atoms with Crippen molar-refractivity contribution in [2.24, 2.45) is 11.7 Å². The second-order valence-electron chi connectivity index (χ2n) is 3.88. The summed E-state index contributed by atoms with van der Waals surface area (Å²) in [5.41, 5.74) is 5.45. The maximum absolute atomic E-state index is 11.1. The lowest BCUT2D eigenvalue weighted by Gasteiger charge is -2.40.